The van der Waals surface area contributed by atoms with Gasteiger partial charge in [0, 0.05) is 63.8 Å². The van der Waals surface area contributed by atoms with Crippen molar-refractivity contribution in [3.8, 4) is 0 Å². The van der Waals surface area contributed by atoms with E-state index in [1.54, 1.807) is 26.0 Å². The molecule has 0 radical (unpaired) electrons. The van der Waals surface area contributed by atoms with Crippen LogP contribution < -0.4 is 31.9 Å². The predicted molar refractivity (Wildman–Crippen MR) is 152 cm³/mol. The van der Waals surface area contributed by atoms with Gasteiger partial charge in [0.2, 0.25) is 11.8 Å². The van der Waals surface area contributed by atoms with Crippen LogP contribution in [-0.2, 0) is 19.1 Å². The first-order chi connectivity index (χ1) is 18.7. The number of piperazine rings is 1. The van der Waals surface area contributed by atoms with Gasteiger partial charge in [-0.05, 0) is 38.5 Å². The average Bonchev–Trinajstić information content (AvgIpc) is 3.48. The lowest BCUT2D eigenvalue weighted by Crippen LogP contribution is -2.68. The highest BCUT2D eigenvalue weighted by molar-refractivity contribution is 8.00. The van der Waals surface area contributed by atoms with E-state index in [4.69, 9.17) is 32.7 Å². The van der Waals surface area contributed by atoms with Gasteiger partial charge in [0.1, 0.15) is 23.3 Å². The molecular weight excluding hydrogens is 565 g/mol. The minimum atomic E-state index is -0.491. The molecule has 0 bridgehead atoms. The van der Waals surface area contributed by atoms with E-state index in [0.29, 0.717) is 32.2 Å². The summed E-state index contributed by atoms with van der Waals surface area (Å²) in [6.45, 7) is 6.70. The number of piperidine rings is 2. The third kappa shape index (κ3) is 6.50. The second-order valence-corrected chi connectivity index (χ2v) is 13.9. The number of carbonyl (C=O) groups excluding carboxylic acids is 2. The Hall–Kier alpha value is -0.410. The monoisotopic (exact) mass is 607 g/mol. The van der Waals surface area contributed by atoms with Gasteiger partial charge in [-0.2, -0.15) is 0 Å². The summed E-state index contributed by atoms with van der Waals surface area (Å²) in [4.78, 5) is 28.8. The first-order valence-corrected chi connectivity index (χ1v) is 15.8. The highest BCUT2D eigenvalue weighted by Crippen LogP contribution is 2.38. The van der Waals surface area contributed by atoms with Gasteiger partial charge in [0.05, 0.1) is 17.5 Å². The van der Waals surface area contributed by atoms with E-state index in [-0.39, 0.29) is 70.2 Å². The number of thioether (sulfide) groups is 1. The van der Waals surface area contributed by atoms with Crippen LogP contribution in [0.15, 0.2) is 0 Å². The number of hydrogen-bond donors (Lipinski definition) is 6. The van der Waals surface area contributed by atoms with Crippen molar-refractivity contribution in [2.24, 2.45) is 17.8 Å². The SMILES string of the molecule is COC1CNC(Cl)CC1C1CC(C)NCC1C(=O)NC1NC2CN(C(=O)C3NC(Cl)C(OC)NC3C)CC2S1. The predicted octanol–water partition coefficient (Wildman–Crippen LogP) is -0.407. The maximum absolute atomic E-state index is 13.6. The van der Waals surface area contributed by atoms with Crippen LogP contribution in [0.1, 0.15) is 26.7 Å². The molecule has 11 nitrogen and oxygen atoms in total. The summed E-state index contributed by atoms with van der Waals surface area (Å²) in [5.41, 5.74) is -0.777. The van der Waals surface area contributed by atoms with Crippen molar-refractivity contribution >= 4 is 46.8 Å². The summed E-state index contributed by atoms with van der Waals surface area (Å²) >= 11 is 14.5. The number of carbonyl (C=O) groups is 2. The van der Waals surface area contributed by atoms with E-state index in [2.05, 4.69) is 38.8 Å². The van der Waals surface area contributed by atoms with Crippen molar-refractivity contribution in [2.45, 2.75) is 84.9 Å². The second-order valence-electron chi connectivity index (χ2n) is 11.6. The van der Waals surface area contributed by atoms with Crippen molar-refractivity contribution in [3.05, 3.63) is 0 Å². The molecule has 5 rings (SSSR count). The largest absolute Gasteiger partial charge is 0.380 e. The minimum Gasteiger partial charge on any atom is -0.380 e. The Morgan fingerprint density at radius 3 is 2.49 bits per heavy atom. The number of alkyl halides is 2. The third-order valence-corrected chi connectivity index (χ3v) is 11.1. The molecule has 5 heterocycles. The number of nitrogens with zero attached hydrogens (tertiary/aromatic N) is 1. The van der Waals surface area contributed by atoms with E-state index in [0.717, 1.165) is 12.8 Å². The summed E-state index contributed by atoms with van der Waals surface area (Å²) in [6.07, 6.45) is 1.39. The molecule has 14 heteroatoms. The fourth-order valence-electron chi connectivity index (χ4n) is 6.96. The molecule has 13 atom stereocenters. The molecule has 5 fully saturated rings. The molecule has 13 unspecified atom stereocenters. The first kappa shape index (κ1) is 30.1. The van der Waals surface area contributed by atoms with Gasteiger partial charge < -0.3 is 25.0 Å². The molecular formula is C25H43Cl2N7O4S. The van der Waals surface area contributed by atoms with Gasteiger partial charge in [-0.15, -0.1) is 35.0 Å². The topological polar surface area (TPSA) is 128 Å². The normalized spacial score (nSPS) is 46.6. The Kier molecular flexibility index (Phi) is 9.90. The van der Waals surface area contributed by atoms with Gasteiger partial charge in [0.15, 0.2) is 0 Å². The Bertz CT molecular complexity index is 881. The zero-order chi connectivity index (χ0) is 27.8. The number of rotatable bonds is 6. The summed E-state index contributed by atoms with van der Waals surface area (Å²) in [5.74, 6) is 0.349. The van der Waals surface area contributed by atoms with Crippen LogP contribution in [0.25, 0.3) is 0 Å². The highest BCUT2D eigenvalue weighted by atomic mass is 35.5. The molecule has 0 aromatic heterocycles. The third-order valence-electron chi connectivity index (χ3n) is 9.09. The molecule has 0 aromatic carbocycles. The smallest absolute Gasteiger partial charge is 0.241 e. The Balaban J connectivity index is 1.15. The van der Waals surface area contributed by atoms with E-state index in [1.807, 2.05) is 11.8 Å². The molecule has 0 saturated carbocycles. The molecule has 5 saturated heterocycles. The van der Waals surface area contributed by atoms with Crippen LogP contribution in [0.5, 0.6) is 0 Å². The van der Waals surface area contributed by atoms with Gasteiger partial charge >= 0.3 is 0 Å². The second kappa shape index (κ2) is 12.8. The van der Waals surface area contributed by atoms with Crippen LogP contribution in [0.4, 0.5) is 0 Å². The lowest BCUT2D eigenvalue weighted by Gasteiger charge is -2.45. The first-order valence-electron chi connectivity index (χ1n) is 14.0. The van der Waals surface area contributed by atoms with Gasteiger partial charge in [-0.25, -0.2) is 0 Å². The number of amides is 2. The van der Waals surface area contributed by atoms with E-state index < -0.39 is 11.5 Å². The number of nitrogens with one attached hydrogen (secondary N) is 6. The number of ether oxygens (including phenoxy) is 2. The molecule has 5 aliphatic rings. The molecule has 222 valence electrons. The van der Waals surface area contributed by atoms with Crippen LogP contribution >= 0.6 is 35.0 Å². The fourth-order valence-corrected chi connectivity index (χ4v) is 8.97. The van der Waals surface area contributed by atoms with Gasteiger partial charge in [-0.3, -0.25) is 30.9 Å². The van der Waals surface area contributed by atoms with E-state index >= 15 is 0 Å². The van der Waals surface area contributed by atoms with Crippen LogP contribution in [0, 0.1) is 17.8 Å². The molecule has 39 heavy (non-hydrogen) atoms. The summed E-state index contributed by atoms with van der Waals surface area (Å²) in [6, 6.07) is -0.0748. The summed E-state index contributed by atoms with van der Waals surface area (Å²) in [5, 5.41) is 20.3. The van der Waals surface area contributed by atoms with Crippen molar-refractivity contribution in [1.82, 2.24) is 36.8 Å². The van der Waals surface area contributed by atoms with Crippen LogP contribution in [0.3, 0.4) is 0 Å². The number of fused-ring (bicyclic) bond motifs is 1. The lowest BCUT2D eigenvalue weighted by atomic mass is 9.70. The van der Waals surface area contributed by atoms with Crippen LogP contribution in [-0.4, -0.2) is 115 Å². The molecule has 2 amide bonds. The number of likely N-dealkylation sites (tertiary alicyclic amines) is 1. The molecule has 0 aliphatic carbocycles. The van der Waals surface area contributed by atoms with Gasteiger partial charge in [-0.1, -0.05) is 0 Å². The van der Waals surface area contributed by atoms with Crippen molar-refractivity contribution < 1.29 is 19.1 Å². The van der Waals surface area contributed by atoms with E-state index in [1.165, 1.54) is 0 Å². The quantitative estimate of drug-likeness (QED) is 0.175. The molecule has 5 aliphatic heterocycles. The maximum Gasteiger partial charge on any atom is 0.241 e. The molecule has 6 N–H and O–H groups in total. The zero-order valence-corrected chi connectivity index (χ0v) is 25.3. The number of methoxy groups -OCH3 is 2. The minimum absolute atomic E-state index is 0.0325. The molecule has 0 spiro atoms. The molecule has 0 aromatic rings. The Morgan fingerprint density at radius 2 is 1.77 bits per heavy atom. The summed E-state index contributed by atoms with van der Waals surface area (Å²) < 4.78 is 11.1. The number of hydrogen-bond acceptors (Lipinski definition) is 10. The number of halogens is 2. The zero-order valence-electron chi connectivity index (χ0n) is 23.0. The van der Waals surface area contributed by atoms with Crippen molar-refractivity contribution in [1.29, 1.82) is 0 Å². The van der Waals surface area contributed by atoms with Gasteiger partial charge in [0.25, 0.3) is 0 Å². The maximum atomic E-state index is 13.6. The van der Waals surface area contributed by atoms with Crippen molar-refractivity contribution in [2.75, 3.05) is 40.4 Å². The fraction of sp³-hybridized carbons (Fsp3) is 0.920. The lowest BCUT2D eigenvalue weighted by molar-refractivity contribution is -0.135. The summed E-state index contributed by atoms with van der Waals surface area (Å²) in [7, 11) is 3.33. The Morgan fingerprint density at radius 1 is 0.974 bits per heavy atom. The Labute approximate surface area is 245 Å². The van der Waals surface area contributed by atoms with Crippen LogP contribution in [0.2, 0.25) is 0 Å². The standard InChI is InChI=1S/C25H43Cl2N7O4S/c1-11-5-13(14-6-19(26)29-8-17(14)37-3)15(7-28-11)22(35)33-25-31-16-9-34(10-18(16)39-25)24(36)20-12(2)30-23(38-4)21(27)32-20/h11-21,23,25,28-32H,5-10H2,1-4H3,(H,33,35). The van der Waals surface area contributed by atoms with Crippen molar-refractivity contribution in [3.63, 3.8) is 0 Å². The van der Waals surface area contributed by atoms with E-state index in [9.17, 15) is 9.59 Å². The highest BCUT2D eigenvalue weighted by Gasteiger charge is 2.48. The average molecular weight is 609 g/mol.